The van der Waals surface area contributed by atoms with E-state index in [0.717, 1.165) is 46.8 Å². The summed E-state index contributed by atoms with van der Waals surface area (Å²) in [6.07, 6.45) is 2.39. The van der Waals surface area contributed by atoms with Gasteiger partial charge in [-0.1, -0.05) is 30.3 Å². The largest absolute Gasteiger partial charge is 0.460 e. The summed E-state index contributed by atoms with van der Waals surface area (Å²) in [5.74, 6) is -0.593. The first-order valence-electron chi connectivity index (χ1n) is 17.9. The lowest BCUT2D eigenvalue weighted by atomic mass is 10.1. The zero-order chi connectivity index (χ0) is 39.5. The Kier molecular flexibility index (Phi) is 21.8. The molecule has 0 aliphatic rings. The third kappa shape index (κ3) is 17.0. The summed E-state index contributed by atoms with van der Waals surface area (Å²) in [7, 11) is 0. The molecule has 14 nitrogen and oxygen atoms in total. The summed E-state index contributed by atoms with van der Waals surface area (Å²) in [5, 5.41) is 28.0. The molecule has 0 spiro atoms. The summed E-state index contributed by atoms with van der Waals surface area (Å²) in [6.45, 7) is 11.5. The van der Waals surface area contributed by atoms with Crippen molar-refractivity contribution in [3.05, 3.63) is 87.8 Å². The van der Waals surface area contributed by atoms with E-state index in [4.69, 9.17) is 33.2 Å². The predicted octanol–water partition coefficient (Wildman–Crippen LogP) is 6.32. The molecule has 0 fully saturated rings. The van der Waals surface area contributed by atoms with Crippen LogP contribution in [0.5, 0.6) is 0 Å². The van der Waals surface area contributed by atoms with Crippen molar-refractivity contribution >= 4 is 40.0 Å². The van der Waals surface area contributed by atoms with Gasteiger partial charge in [-0.05, 0) is 61.7 Å². The van der Waals surface area contributed by atoms with E-state index < -0.39 is 5.97 Å². The number of aldehydes is 1. The predicted molar refractivity (Wildman–Crippen MR) is 207 cm³/mol. The molecule has 0 radical (unpaired) electrons. The monoisotopic (exact) mass is 775 g/mol. The van der Waals surface area contributed by atoms with E-state index in [1.54, 1.807) is 6.92 Å². The lowest BCUT2D eigenvalue weighted by Crippen LogP contribution is -2.37. The van der Waals surface area contributed by atoms with Crippen LogP contribution in [-0.4, -0.2) is 104 Å². The van der Waals surface area contributed by atoms with Gasteiger partial charge in [-0.15, -0.1) is 21.6 Å². The molecule has 1 unspecified atom stereocenters. The summed E-state index contributed by atoms with van der Waals surface area (Å²) < 4.78 is 39.3. The van der Waals surface area contributed by atoms with Gasteiger partial charge in [0.05, 0.1) is 90.0 Å². The first-order chi connectivity index (χ1) is 26.9. The molecule has 0 saturated heterocycles. The zero-order valence-corrected chi connectivity index (χ0v) is 32.5. The molecule has 0 saturated carbocycles. The fourth-order valence-electron chi connectivity index (χ4n) is 4.96. The minimum absolute atomic E-state index is 0.0940. The number of carbonyl (C=O) groups is 2. The van der Waals surface area contributed by atoms with E-state index in [9.17, 15) is 20.1 Å². The highest BCUT2D eigenvalue weighted by atomic mass is 32.1. The molecule has 1 atom stereocenters. The maximum Gasteiger partial charge on any atom is 0.330 e. The molecule has 0 bridgehead atoms. The van der Waals surface area contributed by atoms with Crippen molar-refractivity contribution in [2.75, 3.05) is 90.7 Å². The van der Waals surface area contributed by atoms with Crippen molar-refractivity contribution < 1.29 is 42.7 Å². The highest BCUT2D eigenvalue weighted by Gasteiger charge is 2.17. The fourth-order valence-corrected chi connectivity index (χ4v) is 5.83. The van der Waals surface area contributed by atoms with E-state index in [1.807, 2.05) is 55.5 Å². The van der Waals surface area contributed by atoms with Crippen LogP contribution < -0.4 is 4.90 Å². The number of carbonyl (C=O) groups excluding carboxylic acids is 2. The Labute approximate surface area is 326 Å². The normalized spacial score (nSPS) is 11.8. The van der Waals surface area contributed by atoms with Gasteiger partial charge in [0.15, 0.2) is 5.00 Å². The Hall–Kier alpha value is -4.84. The number of hydrogen-bond acceptors (Lipinski definition) is 15. The molecule has 0 amide bonds. The number of anilines is 1. The van der Waals surface area contributed by atoms with Crippen molar-refractivity contribution in [2.45, 2.75) is 33.5 Å². The van der Waals surface area contributed by atoms with Gasteiger partial charge in [0, 0.05) is 24.9 Å². The van der Waals surface area contributed by atoms with Gasteiger partial charge in [-0.2, -0.15) is 10.5 Å². The molecule has 15 heteroatoms. The van der Waals surface area contributed by atoms with Gasteiger partial charge in [0.1, 0.15) is 29.9 Å². The summed E-state index contributed by atoms with van der Waals surface area (Å²) in [5.41, 5.74) is 4.68. The van der Waals surface area contributed by atoms with Crippen LogP contribution in [0.4, 0.5) is 16.4 Å². The average Bonchev–Trinajstić information content (AvgIpc) is 3.51. The van der Waals surface area contributed by atoms with Gasteiger partial charge in [-0.25, -0.2) is 4.79 Å². The van der Waals surface area contributed by atoms with Crippen LogP contribution in [0, 0.1) is 36.5 Å². The van der Waals surface area contributed by atoms with Crippen LogP contribution in [0.15, 0.2) is 70.9 Å². The number of aryl methyl sites for hydroxylation is 1. The van der Waals surface area contributed by atoms with Crippen molar-refractivity contribution in [1.82, 2.24) is 0 Å². The third-order valence-corrected chi connectivity index (χ3v) is 8.92. The van der Waals surface area contributed by atoms with Crippen molar-refractivity contribution in [3.8, 4) is 12.1 Å². The topological polar surface area (TPSA) is 174 Å². The summed E-state index contributed by atoms with van der Waals surface area (Å²) in [6, 6.07) is 20.2. The molecular weight excluding hydrogens is 727 g/mol. The van der Waals surface area contributed by atoms with Gasteiger partial charge in [0.25, 0.3) is 0 Å². The highest BCUT2D eigenvalue weighted by Crippen LogP contribution is 2.36. The molecule has 1 heterocycles. The number of rotatable bonds is 28. The molecule has 3 aromatic rings. The van der Waals surface area contributed by atoms with Crippen LogP contribution >= 0.6 is 11.3 Å². The Bertz CT molecular complexity index is 1740. The van der Waals surface area contributed by atoms with Gasteiger partial charge in [-0.3, -0.25) is 4.79 Å². The number of azo groups is 1. The summed E-state index contributed by atoms with van der Waals surface area (Å²) in [4.78, 5) is 24.1. The third-order valence-electron chi connectivity index (χ3n) is 7.84. The minimum Gasteiger partial charge on any atom is -0.460 e. The van der Waals surface area contributed by atoms with E-state index in [1.165, 1.54) is 0 Å². The molecule has 1 aromatic heterocycles. The quantitative estimate of drug-likeness (QED) is 0.0265. The number of benzene rings is 2. The van der Waals surface area contributed by atoms with Crippen LogP contribution in [0.2, 0.25) is 0 Å². The number of allylic oxidation sites excluding steroid dienone is 1. The lowest BCUT2D eigenvalue weighted by molar-refractivity contribution is -0.139. The zero-order valence-electron chi connectivity index (χ0n) is 31.6. The minimum atomic E-state index is -0.593. The number of ether oxygens (including phenoxy) is 7. The smallest absolute Gasteiger partial charge is 0.330 e. The molecule has 0 N–H and O–H groups in total. The maximum absolute atomic E-state index is 11.2. The summed E-state index contributed by atoms with van der Waals surface area (Å²) >= 11 is 1.16. The van der Waals surface area contributed by atoms with E-state index in [2.05, 4.69) is 34.2 Å². The number of hydrogen-bond donors (Lipinski definition) is 0. The fraction of sp³-hybridized carbons (Fsp3) is 0.450. The molecule has 294 valence electrons. The second-order valence-electron chi connectivity index (χ2n) is 11.8. The lowest BCUT2D eigenvalue weighted by Gasteiger charge is -2.29. The Balaban J connectivity index is 1.40. The maximum atomic E-state index is 11.2. The van der Waals surface area contributed by atoms with Gasteiger partial charge < -0.3 is 38.1 Å². The SMILES string of the molecule is CCN(CC(COCc1ccccc1)OCCOCCOCCOCCOCCOC(=O)/C=C\C=O)c1ccc(/N=N/c2sc(C#N)c(C)c2C#N)c(C)c1. The second kappa shape index (κ2) is 26.9. The number of thiophene rings is 1. The van der Waals surface area contributed by atoms with Gasteiger partial charge >= 0.3 is 5.97 Å². The first-order valence-corrected chi connectivity index (χ1v) is 18.8. The molecule has 0 aliphatic carbocycles. The standard InChI is InChI=1S/C40H49N5O9S/c1-4-45(34-12-13-37(31(2)25-34)43-44-40-36(26-41)32(3)38(27-42)55-40)28-35(30-52-29-33-9-6-5-7-10-33)53-23-21-50-19-17-48-15-16-49-18-20-51-22-24-54-39(47)11-8-14-46/h5-14,25,35H,4,15-24,28-30H2,1-3H3/b11-8-,44-43+. The molecule has 0 aliphatic heterocycles. The molecule has 55 heavy (non-hydrogen) atoms. The number of nitrogens with zero attached hydrogens (tertiary/aromatic N) is 5. The van der Waals surface area contributed by atoms with Crippen molar-refractivity contribution in [2.24, 2.45) is 10.2 Å². The van der Waals surface area contributed by atoms with E-state index in [-0.39, 0.29) is 19.3 Å². The Morgan fingerprint density at radius 2 is 1.51 bits per heavy atom. The Morgan fingerprint density at radius 3 is 2.11 bits per heavy atom. The van der Waals surface area contributed by atoms with Gasteiger partial charge in [0.2, 0.25) is 0 Å². The average molecular weight is 776 g/mol. The second-order valence-corrected chi connectivity index (χ2v) is 12.8. The molecule has 3 rings (SSSR count). The van der Waals surface area contributed by atoms with Crippen LogP contribution in [0.1, 0.15) is 34.1 Å². The highest BCUT2D eigenvalue weighted by molar-refractivity contribution is 7.16. The van der Waals surface area contributed by atoms with Crippen molar-refractivity contribution in [3.63, 3.8) is 0 Å². The number of nitriles is 2. The van der Waals surface area contributed by atoms with E-state index in [0.29, 0.717) is 106 Å². The van der Waals surface area contributed by atoms with Crippen LogP contribution in [-0.2, 0) is 49.4 Å². The van der Waals surface area contributed by atoms with E-state index >= 15 is 0 Å². The number of likely N-dealkylation sites (N-methyl/N-ethyl adjacent to an activating group) is 1. The Morgan fingerprint density at radius 1 is 0.855 bits per heavy atom. The molecular formula is C40H49N5O9S. The van der Waals surface area contributed by atoms with Crippen LogP contribution in [0.3, 0.4) is 0 Å². The number of esters is 1. The molecule has 2 aromatic carbocycles. The van der Waals surface area contributed by atoms with Crippen molar-refractivity contribution in [1.29, 1.82) is 10.5 Å². The van der Waals surface area contributed by atoms with Crippen LogP contribution in [0.25, 0.3) is 0 Å². The first kappa shape index (κ1) is 44.6.